The zero-order valence-electron chi connectivity index (χ0n) is 39.6. The van der Waals surface area contributed by atoms with Crippen LogP contribution < -0.4 is 14.4 Å². The number of aromatic nitrogens is 5. The van der Waals surface area contributed by atoms with E-state index in [0.717, 1.165) is 36.6 Å². The van der Waals surface area contributed by atoms with Crippen molar-refractivity contribution in [1.29, 1.82) is 0 Å². The van der Waals surface area contributed by atoms with Gasteiger partial charge >= 0.3 is 12.4 Å². The smallest absolute Gasteiger partial charge is 0.435 e. The summed E-state index contributed by atoms with van der Waals surface area (Å²) in [6, 6.07) is 10.7. The van der Waals surface area contributed by atoms with Crippen molar-refractivity contribution in [3.8, 4) is 28.7 Å². The molecule has 3 aromatic carbocycles. The van der Waals surface area contributed by atoms with E-state index < -0.39 is 155 Å². The standard InChI is InChI=1S/C48H40ClF10N7O7S2/c1-45(2,74(4,69)70)15-14-28-8-11-30(31-12-13-34(49)39-41(31)65(23-46(52,53)54)63-44(39)66(75(5,71)72)37(68)19-24-6-9-29(73-3)10-7-24)40(60-28)35(18-25-16-26(50)20-27(51)17-25)61-36(67)22-64-43-38(42(62-64)48(57,58)59)32-21-33(32)47(43,55)56/h6-13,16-17,20,32-33,35H,18-19,21-23H2,1-5H3,(H,61,67)/t32-,33+,35?/m0/s1. The van der Waals surface area contributed by atoms with Crippen LogP contribution in [0.2, 0.25) is 5.02 Å². The van der Waals surface area contributed by atoms with Gasteiger partial charge in [0.25, 0.3) is 5.92 Å². The zero-order chi connectivity index (χ0) is 55.1. The van der Waals surface area contributed by atoms with E-state index in [2.05, 4.69) is 32.3 Å². The summed E-state index contributed by atoms with van der Waals surface area (Å²) in [5.41, 5.74) is -5.53. The van der Waals surface area contributed by atoms with Crippen molar-refractivity contribution in [2.24, 2.45) is 5.92 Å². The third kappa shape index (κ3) is 11.0. The summed E-state index contributed by atoms with van der Waals surface area (Å²) >= 11 is 6.71. The molecule has 0 saturated heterocycles. The molecule has 75 heavy (non-hydrogen) atoms. The van der Waals surface area contributed by atoms with Crippen LogP contribution in [0.4, 0.5) is 49.7 Å². The van der Waals surface area contributed by atoms with Gasteiger partial charge in [0, 0.05) is 34.9 Å². The molecular weight excluding hydrogens is 1080 g/mol. The minimum Gasteiger partial charge on any atom is -0.497 e. The van der Waals surface area contributed by atoms with Crippen LogP contribution in [-0.4, -0.2) is 83.7 Å². The lowest BCUT2D eigenvalue weighted by molar-refractivity contribution is -0.143. The molecular formula is C48H40ClF10N7O7S2. The number of amides is 2. The summed E-state index contributed by atoms with van der Waals surface area (Å²) in [4.78, 5) is 32.8. The summed E-state index contributed by atoms with van der Waals surface area (Å²) in [5.74, 6) is -6.72. The Morgan fingerprint density at radius 3 is 2.13 bits per heavy atom. The quantitative estimate of drug-likeness (QED) is 0.0820. The van der Waals surface area contributed by atoms with Crippen molar-refractivity contribution in [1.82, 2.24) is 29.9 Å². The first-order valence-electron chi connectivity index (χ1n) is 22.1. The fourth-order valence-corrected chi connectivity index (χ4v) is 10.2. The molecule has 8 rings (SSSR count). The number of carbonyl (C=O) groups is 2. The van der Waals surface area contributed by atoms with Gasteiger partial charge in [0.2, 0.25) is 21.8 Å². The van der Waals surface area contributed by atoms with E-state index in [1.54, 1.807) is 0 Å². The highest BCUT2D eigenvalue weighted by molar-refractivity contribution is 7.93. The number of anilines is 1. The molecule has 2 aliphatic rings. The monoisotopic (exact) mass is 1120 g/mol. The van der Waals surface area contributed by atoms with Gasteiger partial charge in [0.1, 0.15) is 46.6 Å². The molecule has 0 bridgehead atoms. The number of rotatable bonds is 14. The number of pyridine rings is 1. The molecule has 1 unspecified atom stereocenters. The maximum atomic E-state index is 15.6. The van der Waals surface area contributed by atoms with Crippen molar-refractivity contribution in [3.63, 3.8) is 0 Å². The van der Waals surface area contributed by atoms with Gasteiger partial charge in [-0.3, -0.25) is 19.0 Å². The highest BCUT2D eigenvalue weighted by atomic mass is 35.5. The van der Waals surface area contributed by atoms with E-state index in [9.17, 15) is 61.5 Å². The van der Waals surface area contributed by atoms with Crippen molar-refractivity contribution in [3.05, 3.63) is 123 Å². The molecule has 398 valence electrons. The van der Waals surface area contributed by atoms with Gasteiger partial charge < -0.3 is 10.1 Å². The van der Waals surface area contributed by atoms with Crippen molar-refractivity contribution in [2.75, 3.05) is 23.9 Å². The normalized spacial score (nSPS) is 16.7. The Balaban J connectivity index is 1.35. The molecule has 3 atom stereocenters. The molecule has 3 aromatic heterocycles. The SMILES string of the molecule is COc1ccc(CC(=O)N(c2nn(CC(F)(F)F)c3c(-c4ccc(C#CC(C)(C)S(C)(=O)=O)nc4C(Cc4cc(F)cc(F)c4)NC(=O)Cn4nc(C(F)(F)F)c5c4C(F)(F)[C@@H]4C[C@H]54)ccc(Cl)c23)S(C)(=O)=O)cc1. The second-order valence-electron chi connectivity index (χ2n) is 18.5. The largest absolute Gasteiger partial charge is 0.497 e. The van der Waals surface area contributed by atoms with Crippen LogP contribution in [0.1, 0.15) is 71.7 Å². The number of hydrogen-bond acceptors (Lipinski definition) is 10. The lowest BCUT2D eigenvalue weighted by Gasteiger charge is -2.23. The fourth-order valence-electron chi connectivity index (χ4n) is 8.85. The molecule has 1 N–H and O–H groups in total. The minimum absolute atomic E-state index is 0.161. The van der Waals surface area contributed by atoms with Crippen LogP contribution in [-0.2, 0) is 67.5 Å². The van der Waals surface area contributed by atoms with Gasteiger partial charge in [0.05, 0.1) is 47.4 Å². The second kappa shape index (κ2) is 19.1. The lowest BCUT2D eigenvalue weighted by Crippen LogP contribution is -2.38. The van der Waals surface area contributed by atoms with Crippen molar-refractivity contribution < 1.29 is 75.1 Å². The number of benzene rings is 3. The van der Waals surface area contributed by atoms with E-state index in [1.807, 2.05) is 0 Å². The summed E-state index contributed by atoms with van der Waals surface area (Å²) in [5, 5.41) is 8.86. The third-order valence-corrected chi connectivity index (χ3v) is 15.9. The molecule has 0 aliphatic heterocycles. The summed E-state index contributed by atoms with van der Waals surface area (Å²) in [6.07, 6.45) is -10.5. The Bertz CT molecular complexity index is 3590. The van der Waals surface area contributed by atoms with Gasteiger partial charge in [-0.15, -0.1) is 0 Å². The Labute approximate surface area is 426 Å². The number of carbonyl (C=O) groups excluding carboxylic acids is 2. The predicted octanol–water partition coefficient (Wildman–Crippen LogP) is 8.84. The average molecular weight is 1120 g/mol. The molecule has 0 spiro atoms. The van der Waals surface area contributed by atoms with Crippen LogP contribution in [0.5, 0.6) is 5.75 Å². The lowest BCUT2D eigenvalue weighted by atomic mass is 9.93. The summed E-state index contributed by atoms with van der Waals surface area (Å²) in [6.45, 7) is -0.768. The maximum absolute atomic E-state index is 15.6. The second-order valence-corrected chi connectivity index (χ2v) is 23.3. The van der Waals surface area contributed by atoms with E-state index in [4.69, 9.17) is 16.3 Å². The maximum Gasteiger partial charge on any atom is 0.435 e. The Kier molecular flexibility index (Phi) is 13.9. The predicted molar refractivity (Wildman–Crippen MR) is 252 cm³/mol. The van der Waals surface area contributed by atoms with Gasteiger partial charge in [-0.25, -0.2) is 30.6 Å². The molecule has 14 nitrogen and oxygen atoms in total. The molecule has 3 heterocycles. The minimum atomic E-state index is -5.22. The molecule has 2 amide bonds. The molecule has 27 heteroatoms. The number of sulfonamides is 1. The number of nitrogens with zero attached hydrogens (tertiary/aromatic N) is 6. The van der Waals surface area contributed by atoms with Gasteiger partial charge in [-0.1, -0.05) is 35.7 Å². The molecule has 2 aliphatic carbocycles. The van der Waals surface area contributed by atoms with E-state index >= 15 is 8.78 Å². The van der Waals surface area contributed by atoms with Gasteiger partial charge in [-0.2, -0.15) is 49.6 Å². The number of nitrogens with one attached hydrogen (secondary N) is 1. The Morgan fingerprint density at radius 1 is 0.907 bits per heavy atom. The zero-order valence-corrected chi connectivity index (χ0v) is 42.0. The fraction of sp³-hybridized carbons (Fsp3) is 0.354. The first kappa shape index (κ1) is 54.5. The topological polar surface area (TPSA) is 175 Å². The molecule has 0 radical (unpaired) electrons. The van der Waals surface area contributed by atoms with Crippen LogP contribution in [0.15, 0.2) is 66.7 Å². The number of sulfone groups is 1. The highest BCUT2D eigenvalue weighted by Crippen LogP contribution is 2.68. The van der Waals surface area contributed by atoms with Gasteiger partial charge in [0.15, 0.2) is 21.3 Å². The number of alkyl halides is 8. The summed E-state index contributed by atoms with van der Waals surface area (Å²) < 4.78 is 204. The number of ether oxygens (including phenoxy) is 1. The molecule has 1 saturated carbocycles. The van der Waals surface area contributed by atoms with Crippen molar-refractivity contribution in [2.45, 2.75) is 81.2 Å². The van der Waals surface area contributed by atoms with Crippen LogP contribution in [0, 0.1) is 29.4 Å². The van der Waals surface area contributed by atoms with Crippen molar-refractivity contribution >= 4 is 60.0 Å². The first-order valence-corrected chi connectivity index (χ1v) is 26.3. The van der Waals surface area contributed by atoms with Crippen LogP contribution in [0.25, 0.3) is 22.0 Å². The van der Waals surface area contributed by atoms with E-state index in [1.165, 1.54) is 51.3 Å². The average Bonchev–Trinajstić information content (AvgIpc) is 3.80. The molecule has 1 fully saturated rings. The third-order valence-electron chi connectivity index (χ3n) is 12.6. The van der Waals surface area contributed by atoms with Crippen LogP contribution >= 0.6 is 11.6 Å². The van der Waals surface area contributed by atoms with E-state index in [0.29, 0.717) is 22.8 Å². The first-order chi connectivity index (χ1) is 34.7. The number of fused-ring (bicyclic) bond motifs is 4. The van der Waals surface area contributed by atoms with Gasteiger partial charge in [-0.05, 0) is 92.1 Å². The van der Waals surface area contributed by atoms with Crippen LogP contribution in [0.3, 0.4) is 0 Å². The number of methoxy groups -OCH3 is 1. The summed E-state index contributed by atoms with van der Waals surface area (Å²) in [7, 11) is -7.31. The Morgan fingerprint density at radius 2 is 1.55 bits per heavy atom. The number of halogens is 11. The molecule has 6 aromatic rings. The van der Waals surface area contributed by atoms with E-state index in [-0.39, 0.29) is 43.4 Å². The highest BCUT2D eigenvalue weighted by Gasteiger charge is 2.68. The Hall–Kier alpha value is -6.72. The number of hydrogen-bond donors (Lipinski definition) is 1.